The lowest BCUT2D eigenvalue weighted by molar-refractivity contribution is -0.115. The van der Waals surface area contributed by atoms with Crippen molar-refractivity contribution in [3.05, 3.63) is 35.2 Å². The van der Waals surface area contributed by atoms with Crippen molar-refractivity contribution < 1.29 is 4.79 Å². The first-order chi connectivity index (χ1) is 7.72. The normalized spacial score (nSPS) is 13.6. The third-order valence-electron chi connectivity index (χ3n) is 2.68. The number of nitrogens with one attached hydrogen (secondary N) is 1. The molecule has 16 heavy (non-hydrogen) atoms. The van der Waals surface area contributed by atoms with Crippen LogP contribution in [0.3, 0.4) is 0 Å². The Hall–Kier alpha value is -1.81. The highest BCUT2D eigenvalue weighted by Crippen LogP contribution is 2.31. The second-order valence-electron chi connectivity index (χ2n) is 3.83. The first-order valence-corrected chi connectivity index (χ1v) is 5.87. The van der Waals surface area contributed by atoms with Gasteiger partial charge in [0.2, 0.25) is 5.91 Å². The first kappa shape index (κ1) is 9.42. The molecule has 0 bridgehead atoms. The number of amides is 1. The second kappa shape index (κ2) is 3.35. The van der Waals surface area contributed by atoms with Gasteiger partial charge in [-0.1, -0.05) is 6.07 Å². The summed E-state index contributed by atoms with van der Waals surface area (Å²) in [6.45, 7) is 0. The minimum absolute atomic E-state index is 0.0667. The molecule has 2 heterocycles. The minimum Gasteiger partial charge on any atom is -0.391 e. The molecule has 3 nitrogen and oxygen atoms in total. The summed E-state index contributed by atoms with van der Waals surface area (Å²) < 4.78 is 0. The molecule has 80 valence electrons. The number of thiophene rings is 1. The van der Waals surface area contributed by atoms with Gasteiger partial charge in [-0.05, 0) is 34.9 Å². The average molecular weight is 230 g/mol. The maximum absolute atomic E-state index is 11.2. The zero-order chi connectivity index (χ0) is 11.1. The monoisotopic (exact) mass is 230 g/mol. The molecule has 0 saturated heterocycles. The molecule has 1 aromatic heterocycles. The quantitative estimate of drug-likeness (QED) is 0.790. The third kappa shape index (κ3) is 1.47. The molecule has 4 heteroatoms. The number of benzene rings is 1. The predicted octanol–water partition coefficient (Wildman–Crippen LogP) is 2.49. The fraction of sp³-hybridized carbons (Fsp3) is 0.0833. The van der Waals surface area contributed by atoms with Crippen molar-refractivity contribution in [2.75, 3.05) is 11.1 Å². The highest BCUT2D eigenvalue weighted by atomic mass is 32.1. The van der Waals surface area contributed by atoms with E-state index in [2.05, 4.69) is 11.4 Å². The number of nitrogens with two attached hydrogens (primary N) is 1. The third-order valence-corrected chi connectivity index (χ3v) is 3.45. The molecule has 0 spiro atoms. The molecule has 0 aliphatic carbocycles. The van der Waals surface area contributed by atoms with Gasteiger partial charge in [0.1, 0.15) is 0 Å². The van der Waals surface area contributed by atoms with Gasteiger partial charge in [-0.25, -0.2) is 0 Å². The van der Waals surface area contributed by atoms with Crippen LogP contribution in [0.5, 0.6) is 0 Å². The Morgan fingerprint density at radius 1 is 1.25 bits per heavy atom. The summed E-state index contributed by atoms with van der Waals surface area (Å²) >= 11 is 1.53. The van der Waals surface area contributed by atoms with Gasteiger partial charge in [0, 0.05) is 11.1 Å². The number of rotatable bonds is 1. The molecule has 3 N–H and O–H groups in total. The summed E-state index contributed by atoms with van der Waals surface area (Å²) in [5.74, 6) is 0.0667. The van der Waals surface area contributed by atoms with Crippen LogP contribution in [-0.4, -0.2) is 5.91 Å². The van der Waals surface area contributed by atoms with E-state index in [0.29, 0.717) is 6.42 Å². The molecule has 0 saturated carbocycles. The standard InChI is InChI=1S/C12H10N2OS/c13-11-4-9(6-16-11)7-1-2-10-8(3-7)5-12(15)14-10/h1-4,6H,5,13H2,(H,14,15). The van der Waals surface area contributed by atoms with Crippen LogP contribution in [0.15, 0.2) is 29.6 Å². The Balaban J connectivity index is 2.05. The summed E-state index contributed by atoms with van der Waals surface area (Å²) in [6, 6.07) is 7.96. The Labute approximate surface area is 96.9 Å². The lowest BCUT2D eigenvalue weighted by atomic mass is 10.0. The first-order valence-electron chi connectivity index (χ1n) is 4.99. The minimum atomic E-state index is 0.0667. The summed E-state index contributed by atoms with van der Waals surface area (Å²) in [5, 5.41) is 5.66. The van der Waals surface area contributed by atoms with E-state index >= 15 is 0 Å². The van der Waals surface area contributed by atoms with Gasteiger partial charge < -0.3 is 11.1 Å². The van der Waals surface area contributed by atoms with Gasteiger partial charge in [0.05, 0.1) is 11.4 Å². The Kier molecular flexibility index (Phi) is 1.97. The predicted molar refractivity (Wildman–Crippen MR) is 66.5 cm³/mol. The number of hydrogen-bond donors (Lipinski definition) is 2. The molecule has 1 aliphatic heterocycles. The second-order valence-corrected chi connectivity index (χ2v) is 4.78. The maximum Gasteiger partial charge on any atom is 0.228 e. The van der Waals surface area contributed by atoms with E-state index in [1.165, 1.54) is 11.3 Å². The number of hydrogen-bond acceptors (Lipinski definition) is 3. The van der Waals surface area contributed by atoms with Crippen molar-refractivity contribution in [2.24, 2.45) is 0 Å². The van der Waals surface area contributed by atoms with Gasteiger partial charge in [-0.3, -0.25) is 4.79 Å². The average Bonchev–Trinajstić information content (AvgIpc) is 2.81. The van der Waals surface area contributed by atoms with Crippen LogP contribution in [0.1, 0.15) is 5.56 Å². The molecule has 0 atom stereocenters. The smallest absolute Gasteiger partial charge is 0.228 e. The van der Waals surface area contributed by atoms with Crippen LogP contribution < -0.4 is 11.1 Å². The van der Waals surface area contributed by atoms with Crippen LogP contribution in [0.25, 0.3) is 11.1 Å². The van der Waals surface area contributed by atoms with Gasteiger partial charge in [0.15, 0.2) is 0 Å². The fourth-order valence-electron chi connectivity index (χ4n) is 1.91. The van der Waals surface area contributed by atoms with E-state index in [4.69, 9.17) is 5.73 Å². The molecule has 3 rings (SSSR count). The molecule has 0 radical (unpaired) electrons. The van der Waals surface area contributed by atoms with Gasteiger partial charge in [-0.15, -0.1) is 11.3 Å². The highest BCUT2D eigenvalue weighted by molar-refractivity contribution is 7.14. The topological polar surface area (TPSA) is 55.1 Å². The lowest BCUT2D eigenvalue weighted by Crippen LogP contribution is -2.03. The van der Waals surface area contributed by atoms with Crippen molar-refractivity contribution in [2.45, 2.75) is 6.42 Å². The zero-order valence-corrected chi connectivity index (χ0v) is 9.30. The Bertz CT molecular complexity index is 574. The molecule has 2 aromatic rings. The molecule has 0 fully saturated rings. The SMILES string of the molecule is Nc1cc(-c2ccc3c(c2)CC(=O)N3)cs1. The van der Waals surface area contributed by atoms with Gasteiger partial charge in [-0.2, -0.15) is 0 Å². The number of fused-ring (bicyclic) bond motifs is 1. The highest BCUT2D eigenvalue weighted by Gasteiger charge is 2.17. The summed E-state index contributed by atoms with van der Waals surface area (Å²) in [7, 11) is 0. The molecular formula is C12H10N2OS. The van der Waals surface area contributed by atoms with Crippen molar-refractivity contribution in [1.29, 1.82) is 0 Å². The van der Waals surface area contributed by atoms with Crippen molar-refractivity contribution in [3.63, 3.8) is 0 Å². The molecule has 1 aromatic carbocycles. The molecule has 1 amide bonds. The van der Waals surface area contributed by atoms with Crippen LogP contribution in [-0.2, 0) is 11.2 Å². The van der Waals surface area contributed by atoms with Gasteiger partial charge >= 0.3 is 0 Å². The van der Waals surface area contributed by atoms with Gasteiger partial charge in [0.25, 0.3) is 0 Å². The Morgan fingerprint density at radius 2 is 2.12 bits per heavy atom. The summed E-state index contributed by atoms with van der Waals surface area (Å²) in [4.78, 5) is 11.2. The summed E-state index contributed by atoms with van der Waals surface area (Å²) in [6.07, 6.45) is 0.475. The van der Waals surface area contributed by atoms with Crippen LogP contribution in [0, 0.1) is 0 Å². The van der Waals surface area contributed by atoms with Crippen molar-refractivity contribution in [3.8, 4) is 11.1 Å². The number of carbonyl (C=O) groups is 1. The van der Waals surface area contributed by atoms with E-state index in [9.17, 15) is 4.79 Å². The van der Waals surface area contributed by atoms with Crippen molar-refractivity contribution in [1.82, 2.24) is 0 Å². The van der Waals surface area contributed by atoms with E-state index in [1.54, 1.807) is 0 Å². The largest absolute Gasteiger partial charge is 0.391 e. The number of anilines is 2. The van der Waals surface area contributed by atoms with Crippen LogP contribution >= 0.6 is 11.3 Å². The fourth-order valence-corrected chi connectivity index (χ4v) is 2.58. The van der Waals surface area contributed by atoms with E-state index in [-0.39, 0.29) is 5.91 Å². The van der Waals surface area contributed by atoms with Crippen LogP contribution in [0.4, 0.5) is 10.7 Å². The number of nitrogen functional groups attached to an aromatic ring is 1. The van der Waals surface area contributed by atoms with Crippen LogP contribution in [0.2, 0.25) is 0 Å². The lowest BCUT2D eigenvalue weighted by Gasteiger charge is -2.01. The zero-order valence-electron chi connectivity index (χ0n) is 8.49. The molecular weight excluding hydrogens is 220 g/mol. The Morgan fingerprint density at radius 3 is 2.88 bits per heavy atom. The van der Waals surface area contributed by atoms with E-state index in [0.717, 1.165) is 27.4 Å². The number of carbonyl (C=O) groups excluding carboxylic acids is 1. The van der Waals surface area contributed by atoms with E-state index < -0.39 is 0 Å². The van der Waals surface area contributed by atoms with Crippen molar-refractivity contribution >= 4 is 27.9 Å². The summed E-state index contributed by atoms with van der Waals surface area (Å²) in [5.41, 5.74) is 9.92. The van der Waals surface area contributed by atoms with E-state index in [1.807, 2.05) is 23.6 Å². The molecule has 1 aliphatic rings. The molecule has 0 unspecified atom stereocenters. The maximum atomic E-state index is 11.2.